The van der Waals surface area contributed by atoms with E-state index in [0.717, 1.165) is 39.7 Å². The number of hydrogen-bond acceptors (Lipinski definition) is 8. The Morgan fingerprint density at radius 2 is 1.59 bits per heavy atom. The van der Waals surface area contributed by atoms with Gasteiger partial charge in [0, 0.05) is 23.3 Å². The van der Waals surface area contributed by atoms with E-state index in [4.69, 9.17) is 23.7 Å². The maximum atomic E-state index is 10.6. The van der Waals surface area contributed by atoms with Gasteiger partial charge in [-0.2, -0.15) is 0 Å². The van der Waals surface area contributed by atoms with Crippen LogP contribution in [0.1, 0.15) is 22.6 Å². The molecule has 2 heterocycles. The molecule has 1 fully saturated rings. The van der Waals surface area contributed by atoms with Crippen LogP contribution in [0.25, 0.3) is 6.08 Å². The minimum absolute atomic E-state index is 0.0403. The first-order chi connectivity index (χ1) is 15.7. The lowest BCUT2D eigenvalue weighted by molar-refractivity contribution is 0.174. The van der Waals surface area contributed by atoms with Gasteiger partial charge in [0.05, 0.1) is 32.5 Å². The molecule has 1 N–H and O–H groups in total. The van der Waals surface area contributed by atoms with Crippen LogP contribution in [-0.2, 0) is 0 Å². The maximum absolute atomic E-state index is 10.6. The molecule has 0 aromatic heterocycles. The average Bonchev–Trinajstić information content (AvgIpc) is 3.52. The molecule has 6 nitrogen and oxygen atoms in total. The second kappa shape index (κ2) is 9.00. The zero-order valence-corrected chi connectivity index (χ0v) is 19.9. The van der Waals surface area contributed by atoms with Gasteiger partial charge in [0.2, 0.25) is 12.5 Å². The van der Waals surface area contributed by atoms with Gasteiger partial charge in [-0.1, -0.05) is 6.08 Å². The zero-order chi connectivity index (χ0) is 22.2. The summed E-state index contributed by atoms with van der Waals surface area (Å²) in [5.41, 5.74) is 4.45. The summed E-state index contributed by atoms with van der Waals surface area (Å²) < 4.78 is 28.5. The summed E-state index contributed by atoms with van der Waals surface area (Å²) in [6.07, 6.45) is 2.24. The summed E-state index contributed by atoms with van der Waals surface area (Å²) >= 11 is 3.89. The Morgan fingerprint density at radius 3 is 2.19 bits per heavy atom. The summed E-state index contributed by atoms with van der Waals surface area (Å²) in [6.45, 7) is 0.264. The van der Waals surface area contributed by atoms with Gasteiger partial charge in [0.25, 0.3) is 0 Å². The Balaban J connectivity index is 1.71. The molecule has 1 aliphatic carbocycles. The van der Waals surface area contributed by atoms with Gasteiger partial charge in [-0.15, -0.1) is 23.5 Å². The quantitative estimate of drug-likeness (QED) is 0.662. The van der Waals surface area contributed by atoms with Crippen molar-refractivity contribution in [2.45, 2.75) is 10.5 Å². The average molecular weight is 475 g/mol. The Bertz CT molecular complexity index is 1020. The van der Waals surface area contributed by atoms with Crippen LogP contribution in [0.4, 0.5) is 0 Å². The highest BCUT2D eigenvalue weighted by molar-refractivity contribution is 8.20. The highest BCUT2D eigenvalue weighted by Crippen LogP contribution is 2.53. The number of aliphatic hydroxyl groups excluding tert-OH is 1. The van der Waals surface area contributed by atoms with Crippen LogP contribution in [0.15, 0.2) is 29.8 Å². The highest BCUT2D eigenvalue weighted by Gasteiger charge is 2.39. The van der Waals surface area contributed by atoms with Crippen molar-refractivity contribution in [1.29, 1.82) is 0 Å². The van der Waals surface area contributed by atoms with E-state index in [1.807, 2.05) is 35.7 Å². The molecule has 0 bridgehead atoms. The van der Waals surface area contributed by atoms with Crippen molar-refractivity contribution in [3.05, 3.63) is 46.5 Å². The summed E-state index contributed by atoms with van der Waals surface area (Å²) in [5, 5.41) is 10.6. The number of thioether (sulfide) groups is 2. The van der Waals surface area contributed by atoms with E-state index in [1.165, 1.54) is 5.57 Å². The second-order valence-corrected chi connectivity index (χ2v) is 10.5. The van der Waals surface area contributed by atoms with Crippen LogP contribution in [0, 0.1) is 5.92 Å². The van der Waals surface area contributed by atoms with Crippen molar-refractivity contribution >= 4 is 29.6 Å². The Labute approximate surface area is 196 Å². The van der Waals surface area contributed by atoms with E-state index in [-0.39, 0.29) is 25.2 Å². The van der Waals surface area contributed by atoms with Crippen molar-refractivity contribution in [2.75, 3.05) is 46.2 Å². The Hall–Kier alpha value is -2.16. The molecule has 1 saturated heterocycles. The molecule has 2 atom stereocenters. The Morgan fingerprint density at radius 1 is 0.938 bits per heavy atom. The molecule has 0 saturated carbocycles. The van der Waals surface area contributed by atoms with Gasteiger partial charge in [0.1, 0.15) is 0 Å². The fraction of sp³-hybridized carbons (Fsp3) is 0.417. The lowest BCUT2D eigenvalue weighted by atomic mass is 9.72. The van der Waals surface area contributed by atoms with Gasteiger partial charge >= 0.3 is 0 Å². The largest absolute Gasteiger partial charge is 0.493 e. The first-order valence-electron chi connectivity index (χ1n) is 10.5. The van der Waals surface area contributed by atoms with Crippen LogP contribution >= 0.6 is 23.5 Å². The standard InChI is InChI=1S/C24H26O6S2/c1-26-20-8-14(9-21(27-2)23(20)28-3)22-15-10-19-18(29-12-30-19)7-13(15)6-16(17(22)11-25)24-31-4-5-32-24/h6-10,17,22,24-25H,4-5,11-12H2,1-3H3/t17-,22-/m1/s1. The second-order valence-electron chi connectivity index (χ2n) is 7.78. The van der Waals surface area contributed by atoms with Gasteiger partial charge in [-0.3, -0.25) is 0 Å². The van der Waals surface area contributed by atoms with Crippen molar-refractivity contribution in [1.82, 2.24) is 0 Å². The number of hydrogen-bond donors (Lipinski definition) is 1. The first-order valence-corrected chi connectivity index (χ1v) is 12.6. The number of benzene rings is 2. The summed E-state index contributed by atoms with van der Waals surface area (Å²) in [6, 6.07) is 8.08. The molecular weight excluding hydrogens is 448 g/mol. The third-order valence-corrected chi connectivity index (χ3v) is 9.31. The minimum atomic E-state index is -0.0972. The summed E-state index contributed by atoms with van der Waals surface area (Å²) in [5.74, 6) is 5.31. The molecule has 170 valence electrons. The predicted octanol–water partition coefficient (Wildman–Crippen LogP) is 4.38. The first kappa shape index (κ1) is 21.7. The monoisotopic (exact) mass is 474 g/mol. The lowest BCUT2D eigenvalue weighted by Crippen LogP contribution is -2.27. The van der Waals surface area contributed by atoms with E-state index in [0.29, 0.717) is 21.8 Å². The molecular formula is C24H26O6S2. The number of ether oxygens (including phenoxy) is 5. The predicted molar refractivity (Wildman–Crippen MR) is 128 cm³/mol. The molecule has 32 heavy (non-hydrogen) atoms. The van der Waals surface area contributed by atoms with Crippen LogP contribution in [-0.4, -0.2) is 55.9 Å². The van der Waals surface area contributed by atoms with Crippen LogP contribution in [0.5, 0.6) is 28.7 Å². The van der Waals surface area contributed by atoms with Crippen LogP contribution in [0.2, 0.25) is 0 Å². The van der Waals surface area contributed by atoms with Crippen LogP contribution in [0.3, 0.4) is 0 Å². The lowest BCUT2D eigenvalue weighted by Gasteiger charge is -2.36. The van der Waals surface area contributed by atoms with E-state index >= 15 is 0 Å². The van der Waals surface area contributed by atoms with E-state index < -0.39 is 0 Å². The van der Waals surface area contributed by atoms with Crippen molar-refractivity contribution in [2.24, 2.45) is 5.92 Å². The number of aliphatic hydroxyl groups is 1. The van der Waals surface area contributed by atoms with Crippen molar-refractivity contribution < 1.29 is 28.8 Å². The van der Waals surface area contributed by atoms with E-state index in [1.54, 1.807) is 21.3 Å². The number of methoxy groups -OCH3 is 3. The maximum Gasteiger partial charge on any atom is 0.231 e. The van der Waals surface area contributed by atoms with Gasteiger partial charge in [-0.05, 0) is 46.5 Å². The molecule has 0 unspecified atom stereocenters. The van der Waals surface area contributed by atoms with Gasteiger partial charge < -0.3 is 28.8 Å². The number of rotatable bonds is 6. The Kier molecular flexibility index (Phi) is 6.09. The van der Waals surface area contributed by atoms with E-state index in [9.17, 15) is 5.11 Å². The third-order valence-electron chi connectivity index (χ3n) is 6.20. The molecule has 2 aromatic rings. The number of fused-ring (bicyclic) bond motifs is 2. The van der Waals surface area contributed by atoms with Gasteiger partial charge in [0.15, 0.2) is 23.0 Å². The third kappa shape index (κ3) is 3.58. The molecule has 2 aromatic carbocycles. The SMILES string of the molecule is COc1cc([C@@H]2c3cc4c(cc3C=C(C3SCCS3)[C@H]2CO)OCO4)cc(OC)c1OC. The van der Waals surface area contributed by atoms with E-state index in [2.05, 4.69) is 18.2 Å². The smallest absolute Gasteiger partial charge is 0.231 e. The van der Waals surface area contributed by atoms with Gasteiger partial charge in [-0.25, -0.2) is 0 Å². The van der Waals surface area contributed by atoms with Crippen LogP contribution < -0.4 is 23.7 Å². The molecule has 0 radical (unpaired) electrons. The zero-order valence-electron chi connectivity index (χ0n) is 18.3. The summed E-state index contributed by atoms with van der Waals surface area (Å²) in [7, 11) is 4.84. The topological polar surface area (TPSA) is 66.4 Å². The normalized spacial score (nSPS) is 21.8. The highest BCUT2D eigenvalue weighted by atomic mass is 32.2. The fourth-order valence-corrected chi connectivity index (χ4v) is 7.79. The molecule has 2 aliphatic heterocycles. The van der Waals surface area contributed by atoms with Crippen molar-refractivity contribution in [3.8, 4) is 28.7 Å². The molecule has 8 heteroatoms. The molecule has 0 spiro atoms. The fourth-order valence-electron chi connectivity index (χ4n) is 4.76. The summed E-state index contributed by atoms with van der Waals surface area (Å²) in [4.78, 5) is 0. The van der Waals surface area contributed by atoms with Crippen molar-refractivity contribution in [3.63, 3.8) is 0 Å². The minimum Gasteiger partial charge on any atom is -0.493 e. The molecule has 0 amide bonds. The molecule has 3 aliphatic rings. The molecule has 5 rings (SSSR count).